The highest BCUT2D eigenvalue weighted by Crippen LogP contribution is 2.76. The number of thioether (sulfide) groups is 1. The van der Waals surface area contributed by atoms with Crippen LogP contribution in [0.3, 0.4) is 0 Å². The molecule has 18 heteroatoms. The predicted molar refractivity (Wildman–Crippen MR) is 171 cm³/mol. The van der Waals surface area contributed by atoms with E-state index in [1.54, 1.807) is 51.1 Å². The minimum absolute atomic E-state index is 0.0766. The number of carbonyl (C=O) groups is 3. The van der Waals surface area contributed by atoms with Crippen LogP contribution in [0.5, 0.6) is 5.75 Å². The Bertz CT molecular complexity index is 1580. The number of amides is 2. The number of nitrogens with zero attached hydrogens (tertiary/aromatic N) is 1. The van der Waals surface area contributed by atoms with Crippen molar-refractivity contribution >= 4 is 61.2 Å². The van der Waals surface area contributed by atoms with Crippen LogP contribution in [0.25, 0.3) is 10.8 Å². The fourth-order valence-corrected chi connectivity index (χ4v) is 11.9. The number of nitrogens with one attached hydrogen (secondary N) is 2. The van der Waals surface area contributed by atoms with Gasteiger partial charge in [-0.05, 0) is 49.7 Å². The molecule has 2 amide bonds. The molecule has 2 aromatic carbocycles. The Morgan fingerprint density at radius 1 is 1.04 bits per heavy atom. The van der Waals surface area contributed by atoms with Gasteiger partial charge in [-0.1, -0.05) is 12.1 Å². The van der Waals surface area contributed by atoms with Crippen molar-refractivity contribution in [1.29, 1.82) is 0 Å². The Labute approximate surface area is 270 Å². The van der Waals surface area contributed by atoms with Crippen LogP contribution >= 0.6 is 27.0 Å². The van der Waals surface area contributed by atoms with Gasteiger partial charge in [-0.2, -0.15) is 0 Å². The maximum absolute atomic E-state index is 13.7. The summed E-state index contributed by atoms with van der Waals surface area (Å²) in [5.41, 5.74) is 0.736. The minimum atomic E-state index is -4.40. The standard InChI is InChI=1S/C28H39N3O12P2S/c1-8-43-19-12-9-16-15-17(29-14-13-28(36,44(37,39-4)40-5)45(38,41-6)42-7)10-11-18(16)20(19)23(32)30-21-24(33)31-22(26(34)35)27(2,3)46-25(21)31/h9-12,15,21-22,25,29,36H,8,13-14H2,1-7H3,(H,30,32)(H,34,35). The number of anilines is 1. The van der Waals surface area contributed by atoms with E-state index >= 15 is 0 Å². The SMILES string of the molecule is CCOc1ccc2cc(NCCC(O)(P(=O)(OC)OC)P(=O)(OC)OC)ccc2c1C(=O)NC1C(=O)N2C1SC(C)(C)C2C(=O)O. The number of carboxylic acid groups (broad SMARTS) is 1. The van der Waals surface area contributed by atoms with E-state index in [1.807, 2.05) is 0 Å². The molecule has 0 saturated carbocycles. The maximum Gasteiger partial charge on any atom is 0.374 e. The molecular formula is C28H39N3O12P2S. The first-order valence-corrected chi connectivity index (χ1v) is 18.2. The summed E-state index contributed by atoms with van der Waals surface area (Å²) >= 11 is 1.33. The number of hydrogen-bond donors (Lipinski definition) is 4. The molecule has 2 aromatic rings. The van der Waals surface area contributed by atoms with Gasteiger partial charge in [0.15, 0.2) is 0 Å². The minimum Gasteiger partial charge on any atom is -0.493 e. The van der Waals surface area contributed by atoms with Crippen LogP contribution in [0.2, 0.25) is 0 Å². The third-order valence-corrected chi connectivity index (χ3v) is 15.3. The van der Waals surface area contributed by atoms with Crippen LogP contribution in [-0.4, -0.2) is 102 Å². The zero-order valence-electron chi connectivity index (χ0n) is 26.5. The van der Waals surface area contributed by atoms with Gasteiger partial charge in [0.1, 0.15) is 23.2 Å². The number of aliphatic carboxylic acids is 1. The van der Waals surface area contributed by atoms with E-state index in [-0.39, 0.29) is 18.7 Å². The van der Waals surface area contributed by atoms with Crippen molar-refractivity contribution in [3.8, 4) is 5.75 Å². The highest BCUT2D eigenvalue weighted by Gasteiger charge is 2.65. The van der Waals surface area contributed by atoms with Gasteiger partial charge in [0, 0.05) is 51.8 Å². The lowest BCUT2D eigenvalue weighted by atomic mass is 9.95. The monoisotopic (exact) mass is 703 g/mol. The molecule has 4 N–H and O–H groups in total. The molecule has 0 aliphatic carbocycles. The first kappa shape index (κ1) is 36.2. The van der Waals surface area contributed by atoms with E-state index in [2.05, 4.69) is 10.6 Å². The first-order chi connectivity index (χ1) is 21.6. The van der Waals surface area contributed by atoms with E-state index in [4.69, 9.17) is 22.8 Å². The number of fused-ring (bicyclic) bond motifs is 2. The van der Waals surface area contributed by atoms with Gasteiger partial charge in [0.25, 0.3) is 11.0 Å². The first-order valence-electron chi connectivity index (χ1n) is 14.2. The summed E-state index contributed by atoms with van der Waals surface area (Å²) in [5, 5.41) is 24.9. The second-order valence-electron chi connectivity index (χ2n) is 11.0. The van der Waals surface area contributed by atoms with E-state index in [0.29, 0.717) is 22.2 Å². The van der Waals surface area contributed by atoms with Gasteiger partial charge < -0.3 is 48.6 Å². The summed E-state index contributed by atoms with van der Waals surface area (Å²) < 4.78 is 51.3. The van der Waals surface area contributed by atoms with Gasteiger partial charge in [-0.15, -0.1) is 11.8 Å². The number of carboxylic acids is 1. The number of benzene rings is 2. The predicted octanol–water partition coefficient (Wildman–Crippen LogP) is 3.90. The Morgan fingerprint density at radius 3 is 2.20 bits per heavy atom. The number of hydrogen-bond acceptors (Lipinski definition) is 13. The van der Waals surface area contributed by atoms with Gasteiger partial charge in [-0.25, -0.2) is 4.79 Å². The van der Waals surface area contributed by atoms with Crippen molar-refractivity contribution in [2.24, 2.45) is 0 Å². The zero-order chi connectivity index (χ0) is 34.2. The Kier molecular flexibility index (Phi) is 10.6. The average Bonchev–Trinajstić information content (AvgIpc) is 3.29. The van der Waals surface area contributed by atoms with Crippen LogP contribution in [0.1, 0.15) is 37.6 Å². The summed E-state index contributed by atoms with van der Waals surface area (Å²) in [6.45, 7) is 5.48. The summed E-state index contributed by atoms with van der Waals surface area (Å²) in [7, 11) is -4.62. The fraction of sp³-hybridized carbons (Fsp3) is 0.536. The van der Waals surface area contributed by atoms with Gasteiger partial charge >= 0.3 is 21.2 Å². The molecule has 4 rings (SSSR count). The number of ether oxygens (including phenoxy) is 1. The Morgan fingerprint density at radius 2 is 1.65 bits per heavy atom. The highest BCUT2D eigenvalue weighted by molar-refractivity contribution is 8.01. The van der Waals surface area contributed by atoms with Crippen molar-refractivity contribution in [1.82, 2.24) is 10.2 Å². The lowest BCUT2D eigenvalue weighted by molar-refractivity contribution is -0.159. The molecule has 0 spiro atoms. The smallest absolute Gasteiger partial charge is 0.374 e. The normalized spacial score (nSPS) is 21.1. The lowest BCUT2D eigenvalue weighted by Gasteiger charge is -2.43. The molecule has 0 aromatic heterocycles. The number of rotatable bonds is 15. The molecule has 46 heavy (non-hydrogen) atoms. The van der Waals surface area contributed by atoms with E-state index in [0.717, 1.165) is 28.4 Å². The van der Waals surface area contributed by atoms with E-state index in [1.165, 1.54) is 16.7 Å². The van der Waals surface area contributed by atoms with Crippen LogP contribution < -0.4 is 15.4 Å². The molecule has 254 valence electrons. The van der Waals surface area contributed by atoms with Crippen molar-refractivity contribution in [2.75, 3.05) is 46.9 Å². The molecule has 2 aliphatic rings. The number of carbonyl (C=O) groups excluding carboxylic acids is 2. The van der Waals surface area contributed by atoms with Crippen LogP contribution in [-0.2, 0) is 36.8 Å². The Balaban J connectivity index is 1.58. The van der Waals surface area contributed by atoms with E-state index in [9.17, 15) is 33.7 Å². The van der Waals surface area contributed by atoms with Crippen LogP contribution in [0.4, 0.5) is 5.69 Å². The average molecular weight is 704 g/mol. The molecule has 3 atom stereocenters. The van der Waals surface area contributed by atoms with Crippen molar-refractivity contribution < 1.29 is 56.6 Å². The summed E-state index contributed by atoms with van der Waals surface area (Å²) in [6.07, 6.45) is -0.426. The zero-order valence-corrected chi connectivity index (χ0v) is 29.1. The van der Waals surface area contributed by atoms with Gasteiger partial charge in [0.05, 0.1) is 12.2 Å². The third kappa shape index (κ3) is 5.94. The second-order valence-corrected chi connectivity index (χ2v) is 18.1. The molecule has 2 heterocycles. The third-order valence-electron chi connectivity index (χ3n) is 8.10. The summed E-state index contributed by atoms with van der Waals surface area (Å²) in [4.78, 5) is 39.9. The second kappa shape index (κ2) is 13.4. The van der Waals surface area contributed by atoms with Crippen molar-refractivity contribution in [3.05, 3.63) is 35.9 Å². The molecule has 0 bridgehead atoms. The van der Waals surface area contributed by atoms with Crippen LogP contribution in [0.15, 0.2) is 30.3 Å². The summed E-state index contributed by atoms with van der Waals surface area (Å²) in [5.74, 6) is -1.82. The van der Waals surface area contributed by atoms with Crippen molar-refractivity contribution in [2.45, 2.75) is 54.5 Å². The Hall–Kier alpha value is -2.68. The number of aliphatic hydroxyl groups is 1. The fourth-order valence-electron chi connectivity index (χ4n) is 5.82. The van der Waals surface area contributed by atoms with Gasteiger partial charge in [-0.3, -0.25) is 18.7 Å². The number of β-lactam (4-membered cyclic amide) rings is 1. The van der Waals surface area contributed by atoms with Gasteiger partial charge in [0.2, 0.25) is 5.91 Å². The molecule has 2 fully saturated rings. The topological polar surface area (TPSA) is 199 Å². The van der Waals surface area contributed by atoms with E-state index < -0.39 is 66.7 Å². The largest absolute Gasteiger partial charge is 0.493 e. The maximum atomic E-state index is 13.7. The van der Waals surface area contributed by atoms with Crippen molar-refractivity contribution in [3.63, 3.8) is 0 Å². The highest BCUT2D eigenvalue weighted by atomic mass is 32.2. The van der Waals surface area contributed by atoms with Crippen LogP contribution in [0, 0.1) is 0 Å². The molecule has 0 radical (unpaired) electrons. The molecular weight excluding hydrogens is 664 g/mol. The summed E-state index contributed by atoms with van der Waals surface area (Å²) in [6, 6.07) is 6.53. The molecule has 2 saturated heterocycles. The molecule has 3 unspecified atom stereocenters. The molecule has 15 nitrogen and oxygen atoms in total. The quantitative estimate of drug-likeness (QED) is 0.154. The lowest BCUT2D eigenvalue weighted by Crippen LogP contribution is -2.70. The molecule has 2 aliphatic heterocycles.